The van der Waals surface area contributed by atoms with Crippen molar-refractivity contribution in [1.29, 1.82) is 0 Å². The van der Waals surface area contributed by atoms with E-state index in [2.05, 4.69) is 24.1 Å². The Morgan fingerprint density at radius 3 is 2.63 bits per heavy atom. The second-order valence-corrected chi connectivity index (χ2v) is 5.22. The van der Waals surface area contributed by atoms with Crippen molar-refractivity contribution in [3.8, 4) is 0 Å². The molecule has 0 fully saturated rings. The molecular weight excluding hydrogens is 242 g/mol. The Hall–Kier alpha value is -1.62. The summed E-state index contributed by atoms with van der Waals surface area (Å²) in [5, 5.41) is 14.1. The van der Waals surface area contributed by atoms with Crippen molar-refractivity contribution in [2.75, 3.05) is 25.5 Å². The van der Waals surface area contributed by atoms with Gasteiger partial charge in [0.05, 0.1) is 4.92 Å². The van der Waals surface area contributed by atoms with E-state index in [9.17, 15) is 10.1 Å². The average Bonchev–Trinajstić information content (AvgIpc) is 2.30. The molecule has 0 bridgehead atoms. The zero-order valence-electron chi connectivity index (χ0n) is 12.1. The first kappa shape index (κ1) is 15.4. The molecule has 0 atom stereocenters. The minimum Gasteiger partial charge on any atom is -0.385 e. The number of nitrogens with zero attached hydrogens (tertiary/aromatic N) is 2. The van der Waals surface area contributed by atoms with Gasteiger partial charge < -0.3 is 10.2 Å². The molecule has 0 amide bonds. The molecule has 0 aromatic heterocycles. The van der Waals surface area contributed by atoms with Crippen molar-refractivity contribution in [2.45, 2.75) is 27.3 Å². The summed E-state index contributed by atoms with van der Waals surface area (Å²) in [5.74, 6) is 0.575. The monoisotopic (exact) mass is 265 g/mol. The van der Waals surface area contributed by atoms with Gasteiger partial charge in [-0.25, -0.2) is 0 Å². The minimum absolute atomic E-state index is 0.148. The van der Waals surface area contributed by atoms with Gasteiger partial charge in [-0.15, -0.1) is 0 Å². The van der Waals surface area contributed by atoms with Crippen LogP contribution in [0.15, 0.2) is 18.2 Å². The van der Waals surface area contributed by atoms with Crippen molar-refractivity contribution < 1.29 is 4.92 Å². The summed E-state index contributed by atoms with van der Waals surface area (Å²) < 4.78 is 0. The molecule has 0 aliphatic rings. The first-order valence-electron chi connectivity index (χ1n) is 6.63. The number of nitrogens with one attached hydrogen (secondary N) is 1. The molecule has 0 radical (unpaired) electrons. The van der Waals surface area contributed by atoms with Crippen LogP contribution in [0.25, 0.3) is 0 Å². The van der Waals surface area contributed by atoms with E-state index in [0.717, 1.165) is 24.3 Å². The van der Waals surface area contributed by atoms with Gasteiger partial charge in [0, 0.05) is 37.5 Å². The van der Waals surface area contributed by atoms with E-state index in [1.165, 1.54) is 0 Å². The highest BCUT2D eigenvalue weighted by atomic mass is 16.6. The van der Waals surface area contributed by atoms with Gasteiger partial charge in [0.15, 0.2) is 0 Å². The molecule has 1 aromatic rings. The Morgan fingerprint density at radius 2 is 2.11 bits per heavy atom. The lowest BCUT2D eigenvalue weighted by Crippen LogP contribution is -2.23. The molecule has 1 rings (SSSR count). The second kappa shape index (κ2) is 7.09. The van der Waals surface area contributed by atoms with E-state index in [1.807, 2.05) is 14.0 Å². The Labute approximate surface area is 114 Å². The molecule has 19 heavy (non-hydrogen) atoms. The van der Waals surface area contributed by atoms with Gasteiger partial charge in [-0.05, 0) is 31.5 Å². The summed E-state index contributed by atoms with van der Waals surface area (Å²) in [6.07, 6.45) is 0. The van der Waals surface area contributed by atoms with Gasteiger partial charge in [-0.1, -0.05) is 13.8 Å². The fourth-order valence-electron chi connectivity index (χ4n) is 2.17. The summed E-state index contributed by atoms with van der Waals surface area (Å²) in [5.41, 5.74) is 2.09. The van der Waals surface area contributed by atoms with Crippen LogP contribution < -0.4 is 5.32 Å². The topological polar surface area (TPSA) is 58.4 Å². The van der Waals surface area contributed by atoms with Crippen molar-refractivity contribution in [3.05, 3.63) is 33.9 Å². The fraction of sp³-hybridized carbons (Fsp3) is 0.571. The SMILES string of the molecule is CCNc1ccc([N+](=O)[O-])cc1CN(C)CC(C)C. The normalized spacial score (nSPS) is 11.1. The molecule has 0 spiro atoms. The minimum atomic E-state index is -0.346. The number of rotatable bonds is 7. The molecule has 0 saturated carbocycles. The average molecular weight is 265 g/mol. The van der Waals surface area contributed by atoms with Crippen LogP contribution in [0.3, 0.4) is 0 Å². The van der Waals surface area contributed by atoms with Gasteiger partial charge in [-0.2, -0.15) is 0 Å². The number of nitro groups is 1. The fourth-order valence-corrected chi connectivity index (χ4v) is 2.17. The molecule has 106 valence electrons. The zero-order chi connectivity index (χ0) is 14.4. The van der Waals surface area contributed by atoms with E-state index >= 15 is 0 Å². The molecule has 1 N–H and O–H groups in total. The maximum atomic E-state index is 10.9. The highest BCUT2D eigenvalue weighted by Gasteiger charge is 2.12. The van der Waals surface area contributed by atoms with E-state index in [-0.39, 0.29) is 10.6 Å². The van der Waals surface area contributed by atoms with Gasteiger partial charge in [0.25, 0.3) is 5.69 Å². The summed E-state index contributed by atoms with van der Waals surface area (Å²) >= 11 is 0. The smallest absolute Gasteiger partial charge is 0.269 e. The quantitative estimate of drug-likeness (QED) is 0.608. The lowest BCUT2D eigenvalue weighted by atomic mass is 10.1. The molecule has 5 nitrogen and oxygen atoms in total. The lowest BCUT2D eigenvalue weighted by molar-refractivity contribution is -0.384. The Morgan fingerprint density at radius 1 is 1.42 bits per heavy atom. The Kier molecular flexibility index (Phi) is 5.76. The number of hydrogen-bond acceptors (Lipinski definition) is 4. The van der Waals surface area contributed by atoms with Crippen molar-refractivity contribution in [2.24, 2.45) is 5.92 Å². The molecule has 0 aliphatic heterocycles. The largest absolute Gasteiger partial charge is 0.385 e. The van der Waals surface area contributed by atoms with Crippen LogP contribution >= 0.6 is 0 Å². The molecule has 0 aliphatic carbocycles. The predicted molar refractivity (Wildman–Crippen MR) is 78.4 cm³/mol. The van der Waals surface area contributed by atoms with Crippen molar-refractivity contribution in [3.63, 3.8) is 0 Å². The lowest BCUT2D eigenvalue weighted by Gasteiger charge is -2.20. The van der Waals surface area contributed by atoms with E-state index in [0.29, 0.717) is 12.5 Å². The molecular formula is C14H23N3O2. The molecule has 5 heteroatoms. The number of anilines is 1. The maximum absolute atomic E-state index is 10.9. The predicted octanol–water partition coefficient (Wildman–Crippen LogP) is 3.11. The van der Waals surface area contributed by atoms with Crippen molar-refractivity contribution >= 4 is 11.4 Å². The first-order valence-corrected chi connectivity index (χ1v) is 6.63. The van der Waals surface area contributed by atoms with Crippen LogP contribution in [0.1, 0.15) is 26.3 Å². The van der Waals surface area contributed by atoms with E-state index in [4.69, 9.17) is 0 Å². The highest BCUT2D eigenvalue weighted by Crippen LogP contribution is 2.23. The molecule has 0 saturated heterocycles. The van der Waals surface area contributed by atoms with Crippen LogP contribution in [0.2, 0.25) is 0 Å². The van der Waals surface area contributed by atoms with Crippen LogP contribution in [0.5, 0.6) is 0 Å². The second-order valence-electron chi connectivity index (χ2n) is 5.22. The van der Waals surface area contributed by atoms with Gasteiger partial charge >= 0.3 is 0 Å². The summed E-state index contributed by atoms with van der Waals surface area (Å²) in [6, 6.07) is 5.00. The molecule has 0 heterocycles. The number of benzene rings is 1. The number of hydrogen-bond donors (Lipinski definition) is 1. The van der Waals surface area contributed by atoms with E-state index < -0.39 is 0 Å². The standard InChI is InChI=1S/C14H23N3O2/c1-5-15-14-7-6-13(17(18)19)8-12(14)10-16(4)9-11(2)3/h6-8,11,15H,5,9-10H2,1-4H3. The number of nitro benzene ring substituents is 1. The molecule has 0 unspecified atom stereocenters. The van der Waals surface area contributed by atoms with Crippen molar-refractivity contribution in [1.82, 2.24) is 4.90 Å². The van der Waals surface area contributed by atoms with Crippen LogP contribution in [0, 0.1) is 16.0 Å². The Bertz CT molecular complexity index is 433. The first-order chi connectivity index (χ1) is 8.93. The third-order valence-corrected chi connectivity index (χ3v) is 2.78. The van der Waals surface area contributed by atoms with Gasteiger partial charge in [0.1, 0.15) is 0 Å². The van der Waals surface area contributed by atoms with Crippen LogP contribution in [-0.4, -0.2) is 30.0 Å². The zero-order valence-corrected chi connectivity index (χ0v) is 12.1. The maximum Gasteiger partial charge on any atom is 0.269 e. The van der Waals surface area contributed by atoms with Gasteiger partial charge in [0.2, 0.25) is 0 Å². The summed E-state index contributed by atoms with van der Waals surface area (Å²) in [7, 11) is 2.04. The van der Waals surface area contributed by atoms with E-state index in [1.54, 1.807) is 18.2 Å². The summed E-state index contributed by atoms with van der Waals surface area (Å²) in [4.78, 5) is 12.7. The van der Waals surface area contributed by atoms with Crippen LogP contribution in [-0.2, 0) is 6.54 Å². The summed E-state index contributed by atoms with van der Waals surface area (Å²) in [6.45, 7) is 8.82. The third-order valence-electron chi connectivity index (χ3n) is 2.78. The Balaban J connectivity index is 2.93. The number of non-ortho nitro benzene ring substituents is 1. The highest BCUT2D eigenvalue weighted by molar-refractivity contribution is 5.56. The van der Waals surface area contributed by atoms with Gasteiger partial charge in [-0.3, -0.25) is 10.1 Å². The third kappa shape index (κ3) is 4.87. The molecule has 1 aromatic carbocycles. The van der Waals surface area contributed by atoms with Crippen LogP contribution in [0.4, 0.5) is 11.4 Å².